The third-order valence-corrected chi connectivity index (χ3v) is 2.97. The highest BCUT2D eigenvalue weighted by Crippen LogP contribution is 2.14. The van der Waals surface area contributed by atoms with Gasteiger partial charge in [-0.15, -0.1) is 0 Å². The Morgan fingerprint density at radius 3 is 3.05 bits per heavy atom. The molecule has 1 saturated heterocycles. The molecule has 0 bridgehead atoms. The van der Waals surface area contributed by atoms with E-state index in [0.717, 1.165) is 0 Å². The van der Waals surface area contributed by atoms with Crippen LogP contribution in [0, 0.1) is 5.82 Å². The van der Waals surface area contributed by atoms with Crippen molar-refractivity contribution in [2.45, 2.75) is 6.10 Å². The van der Waals surface area contributed by atoms with Crippen molar-refractivity contribution in [1.29, 1.82) is 0 Å². The number of carbonyl (C=O) groups excluding carboxylic acids is 1. The molecule has 0 aromatic heterocycles. The summed E-state index contributed by atoms with van der Waals surface area (Å²) in [7, 11) is 1.84. The molecular formula is C13H18FN3O2. The molecule has 1 aromatic rings. The SMILES string of the molecule is CNCC1CN(C(=O)Nc2ccccc2F)CCO1. The standard InChI is InChI=1S/C13H18FN3O2/c1-15-8-10-9-17(6-7-19-10)13(18)16-12-5-3-2-4-11(12)14/h2-5,10,15H,6-9H2,1H3,(H,16,18). The summed E-state index contributed by atoms with van der Waals surface area (Å²) in [5.74, 6) is -0.434. The van der Waals surface area contributed by atoms with Gasteiger partial charge >= 0.3 is 6.03 Å². The first-order valence-corrected chi connectivity index (χ1v) is 6.27. The van der Waals surface area contributed by atoms with Crippen LogP contribution in [0.3, 0.4) is 0 Å². The lowest BCUT2D eigenvalue weighted by Crippen LogP contribution is -2.50. The number of amides is 2. The van der Waals surface area contributed by atoms with E-state index < -0.39 is 5.82 Å². The molecule has 1 aromatic carbocycles. The van der Waals surface area contributed by atoms with Crippen LogP contribution >= 0.6 is 0 Å². The van der Waals surface area contributed by atoms with E-state index in [1.807, 2.05) is 7.05 Å². The largest absolute Gasteiger partial charge is 0.373 e. The summed E-state index contributed by atoms with van der Waals surface area (Å²) < 4.78 is 19.0. The second-order valence-electron chi connectivity index (χ2n) is 4.41. The summed E-state index contributed by atoms with van der Waals surface area (Å²) in [6.07, 6.45) is -0.0230. The van der Waals surface area contributed by atoms with E-state index in [0.29, 0.717) is 26.2 Å². The topological polar surface area (TPSA) is 53.6 Å². The number of halogens is 1. The van der Waals surface area contributed by atoms with Gasteiger partial charge in [-0.1, -0.05) is 12.1 Å². The highest BCUT2D eigenvalue weighted by molar-refractivity contribution is 5.89. The number of hydrogen-bond donors (Lipinski definition) is 2. The molecule has 2 rings (SSSR count). The smallest absolute Gasteiger partial charge is 0.322 e. The number of ether oxygens (including phenoxy) is 1. The average Bonchev–Trinajstić information content (AvgIpc) is 2.42. The maximum absolute atomic E-state index is 13.4. The summed E-state index contributed by atoms with van der Waals surface area (Å²) in [4.78, 5) is 13.7. The average molecular weight is 267 g/mol. The fourth-order valence-corrected chi connectivity index (χ4v) is 2.01. The minimum atomic E-state index is -0.434. The van der Waals surface area contributed by atoms with Gasteiger partial charge in [-0.3, -0.25) is 0 Å². The molecule has 1 aliphatic heterocycles. The van der Waals surface area contributed by atoms with Crippen LogP contribution in [0.25, 0.3) is 0 Å². The van der Waals surface area contributed by atoms with Crippen molar-refractivity contribution in [3.63, 3.8) is 0 Å². The van der Waals surface area contributed by atoms with E-state index in [4.69, 9.17) is 4.74 Å². The molecule has 19 heavy (non-hydrogen) atoms. The Morgan fingerprint density at radius 1 is 1.53 bits per heavy atom. The lowest BCUT2D eigenvalue weighted by Gasteiger charge is -2.32. The third kappa shape index (κ3) is 3.65. The normalized spacial score (nSPS) is 19.3. The Kier molecular flexibility index (Phi) is 4.70. The molecule has 0 aliphatic carbocycles. The maximum Gasteiger partial charge on any atom is 0.322 e. The Hall–Kier alpha value is -1.66. The van der Waals surface area contributed by atoms with Gasteiger partial charge in [-0.05, 0) is 19.2 Å². The van der Waals surface area contributed by atoms with Crippen LogP contribution < -0.4 is 10.6 Å². The van der Waals surface area contributed by atoms with Crippen molar-refractivity contribution in [3.05, 3.63) is 30.1 Å². The van der Waals surface area contributed by atoms with E-state index in [1.54, 1.807) is 23.1 Å². The molecule has 0 saturated carbocycles. The number of rotatable bonds is 3. The Bertz CT molecular complexity index is 440. The van der Waals surface area contributed by atoms with Gasteiger partial charge in [0.05, 0.1) is 18.4 Å². The predicted molar refractivity (Wildman–Crippen MR) is 70.7 cm³/mol. The van der Waals surface area contributed by atoms with Gasteiger partial charge in [0.15, 0.2) is 0 Å². The fraction of sp³-hybridized carbons (Fsp3) is 0.462. The number of nitrogens with zero attached hydrogens (tertiary/aromatic N) is 1. The highest BCUT2D eigenvalue weighted by Gasteiger charge is 2.24. The summed E-state index contributed by atoms with van der Waals surface area (Å²) in [5.41, 5.74) is 0.198. The first kappa shape index (κ1) is 13.8. The highest BCUT2D eigenvalue weighted by atomic mass is 19.1. The van der Waals surface area contributed by atoms with Crippen molar-refractivity contribution in [3.8, 4) is 0 Å². The van der Waals surface area contributed by atoms with Crippen LogP contribution in [0.1, 0.15) is 0 Å². The predicted octanol–water partition coefficient (Wildman–Crippen LogP) is 1.28. The van der Waals surface area contributed by atoms with E-state index in [9.17, 15) is 9.18 Å². The van der Waals surface area contributed by atoms with Gasteiger partial charge in [0.1, 0.15) is 5.82 Å². The van der Waals surface area contributed by atoms with Crippen molar-refractivity contribution in [2.75, 3.05) is 38.6 Å². The number of anilines is 1. The maximum atomic E-state index is 13.4. The van der Waals surface area contributed by atoms with E-state index >= 15 is 0 Å². The van der Waals surface area contributed by atoms with Crippen LogP contribution in [0.5, 0.6) is 0 Å². The monoisotopic (exact) mass is 267 g/mol. The molecule has 5 nitrogen and oxygen atoms in total. The second kappa shape index (κ2) is 6.49. The number of nitrogens with one attached hydrogen (secondary N) is 2. The van der Waals surface area contributed by atoms with E-state index in [1.165, 1.54) is 6.07 Å². The number of carbonyl (C=O) groups is 1. The van der Waals surface area contributed by atoms with Crippen molar-refractivity contribution >= 4 is 11.7 Å². The number of para-hydroxylation sites is 1. The van der Waals surface area contributed by atoms with Crippen LogP contribution in [0.15, 0.2) is 24.3 Å². The van der Waals surface area contributed by atoms with Gasteiger partial charge in [-0.25, -0.2) is 9.18 Å². The molecule has 104 valence electrons. The number of likely N-dealkylation sites (N-methyl/N-ethyl adjacent to an activating group) is 1. The minimum absolute atomic E-state index is 0.0230. The molecular weight excluding hydrogens is 249 g/mol. The zero-order valence-electron chi connectivity index (χ0n) is 10.9. The van der Waals surface area contributed by atoms with E-state index in [-0.39, 0.29) is 17.8 Å². The van der Waals surface area contributed by atoms with Gasteiger partial charge < -0.3 is 20.3 Å². The number of hydrogen-bond acceptors (Lipinski definition) is 3. The lowest BCUT2D eigenvalue weighted by atomic mass is 10.2. The Morgan fingerprint density at radius 2 is 2.32 bits per heavy atom. The minimum Gasteiger partial charge on any atom is -0.373 e. The number of morpholine rings is 1. The van der Waals surface area contributed by atoms with Crippen LogP contribution in [0.4, 0.5) is 14.9 Å². The molecule has 1 unspecified atom stereocenters. The van der Waals surface area contributed by atoms with Gasteiger partial charge in [0, 0.05) is 19.6 Å². The molecule has 2 amide bonds. The van der Waals surface area contributed by atoms with Crippen LogP contribution in [-0.2, 0) is 4.74 Å². The summed E-state index contributed by atoms with van der Waals surface area (Å²) in [5, 5.41) is 5.59. The first-order chi connectivity index (χ1) is 9.20. The Balaban J connectivity index is 1.94. The molecule has 0 spiro atoms. The van der Waals surface area contributed by atoms with Gasteiger partial charge in [0.2, 0.25) is 0 Å². The number of benzene rings is 1. The molecule has 6 heteroatoms. The summed E-state index contributed by atoms with van der Waals surface area (Å²) >= 11 is 0. The van der Waals surface area contributed by atoms with E-state index in [2.05, 4.69) is 10.6 Å². The molecule has 1 fully saturated rings. The molecule has 1 aliphatic rings. The summed E-state index contributed by atoms with van der Waals surface area (Å²) in [6, 6.07) is 5.83. The van der Waals surface area contributed by atoms with Gasteiger partial charge in [0.25, 0.3) is 0 Å². The molecule has 1 heterocycles. The third-order valence-electron chi connectivity index (χ3n) is 2.97. The quantitative estimate of drug-likeness (QED) is 0.867. The fourth-order valence-electron chi connectivity index (χ4n) is 2.01. The zero-order chi connectivity index (χ0) is 13.7. The second-order valence-corrected chi connectivity index (χ2v) is 4.41. The first-order valence-electron chi connectivity index (χ1n) is 6.27. The summed E-state index contributed by atoms with van der Waals surface area (Å²) in [6.45, 7) is 2.20. The lowest BCUT2D eigenvalue weighted by molar-refractivity contribution is -0.01000. The molecule has 1 atom stereocenters. The van der Waals surface area contributed by atoms with Crippen LogP contribution in [0.2, 0.25) is 0 Å². The Labute approximate surface area is 111 Å². The number of urea groups is 1. The van der Waals surface area contributed by atoms with Crippen LogP contribution in [-0.4, -0.2) is 50.3 Å². The zero-order valence-corrected chi connectivity index (χ0v) is 10.9. The van der Waals surface area contributed by atoms with Gasteiger partial charge in [-0.2, -0.15) is 0 Å². The van der Waals surface area contributed by atoms with Crippen molar-refractivity contribution in [2.24, 2.45) is 0 Å². The van der Waals surface area contributed by atoms with Crippen molar-refractivity contribution in [1.82, 2.24) is 10.2 Å². The van der Waals surface area contributed by atoms with Crippen molar-refractivity contribution < 1.29 is 13.9 Å². The molecule has 0 radical (unpaired) electrons. The molecule has 2 N–H and O–H groups in total.